The fraction of sp³-hybridized carbons (Fsp3) is 0.938. The molecule has 4 heteroatoms. The lowest BCUT2D eigenvalue weighted by Crippen LogP contribution is -2.53. The van der Waals surface area contributed by atoms with Crippen LogP contribution in [-0.4, -0.2) is 49.1 Å². The largest absolute Gasteiger partial charge is 0.355 e. The van der Waals surface area contributed by atoms with Crippen molar-refractivity contribution in [1.29, 1.82) is 0 Å². The quantitative estimate of drug-likeness (QED) is 0.716. The van der Waals surface area contributed by atoms with Crippen molar-refractivity contribution in [3.63, 3.8) is 0 Å². The van der Waals surface area contributed by atoms with E-state index in [0.29, 0.717) is 12.0 Å². The number of rotatable bonds is 8. The number of piperidine rings is 1. The molecule has 0 aliphatic carbocycles. The van der Waals surface area contributed by atoms with Gasteiger partial charge >= 0.3 is 0 Å². The van der Waals surface area contributed by atoms with E-state index >= 15 is 0 Å². The Kier molecular flexibility index (Phi) is 8.15. The lowest BCUT2D eigenvalue weighted by molar-refractivity contribution is -0.126. The molecule has 1 heterocycles. The van der Waals surface area contributed by atoms with Gasteiger partial charge in [-0.2, -0.15) is 0 Å². The van der Waals surface area contributed by atoms with Crippen LogP contribution in [0.2, 0.25) is 0 Å². The molecule has 1 aliphatic rings. The van der Waals surface area contributed by atoms with Gasteiger partial charge in [-0.05, 0) is 51.6 Å². The zero-order valence-electron chi connectivity index (χ0n) is 13.7. The van der Waals surface area contributed by atoms with E-state index in [0.717, 1.165) is 32.6 Å². The first-order valence-corrected chi connectivity index (χ1v) is 8.29. The summed E-state index contributed by atoms with van der Waals surface area (Å²) in [6, 6.07) is 0.544. The standard InChI is InChI=1S/C16H33N3O/c1-5-9-17-15-7-6-11-19(12-15)14(4)16(20)18-10-8-13(2)3/h13-15,17H,5-12H2,1-4H3,(H,18,20). The maximum Gasteiger partial charge on any atom is 0.237 e. The van der Waals surface area contributed by atoms with Gasteiger partial charge < -0.3 is 10.6 Å². The highest BCUT2D eigenvalue weighted by atomic mass is 16.2. The maximum absolute atomic E-state index is 12.2. The Labute approximate surface area is 124 Å². The fourth-order valence-corrected chi connectivity index (χ4v) is 2.67. The molecule has 0 spiro atoms. The molecule has 2 N–H and O–H groups in total. The zero-order valence-corrected chi connectivity index (χ0v) is 13.7. The van der Waals surface area contributed by atoms with E-state index in [2.05, 4.69) is 36.3 Å². The van der Waals surface area contributed by atoms with Crippen LogP contribution >= 0.6 is 0 Å². The van der Waals surface area contributed by atoms with Gasteiger partial charge in [0.25, 0.3) is 0 Å². The molecule has 4 nitrogen and oxygen atoms in total. The summed E-state index contributed by atoms with van der Waals surface area (Å²) >= 11 is 0. The number of hydrogen-bond acceptors (Lipinski definition) is 3. The predicted molar refractivity (Wildman–Crippen MR) is 84.8 cm³/mol. The minimum Gasteiger partial charge on any atom is -0.355 e. The van der Waals surface area contributed by atoms with Gasteiger partial charge in [-0.25, -0.2) is 0 Å². The molecule has 20 heavy (non-hydrogen) atoms. The van der Waals surface area contributed by atoms with E-state index < -0.39 is 0 Å². The summed E-state index contributed by atoms with van der Waals surface area (Å²) < 4.78 is 0. The number of likely N-dealkylation sites (tertiary alicyclic amines) is 1. The summed E-state index contributed by atoms with van der Waals surface area (Å²) in [5.74, 6) is 0.824. The Balaban J connectivity index is 2.33. The summed E-state index contributed by atoms with van der Waals surface area (Å²) in [5.41, 5.74) is 0. The number of amides is 1. The van der Waals surface area contributed by atoms with Crippen molar-refractivity contribution in [2.75, 3.05) is 26.2 Å². The maximum atomic E-state index is 12.2. The van der Waals surface area contributed by atoms with Crippen molar-refractivity contribution >= 4 is 5.91 Å². The van der Waals surface area contributed by atoms with Crippen LogP contribution in [0.25, 0.3) is 0 Å². The van der Waals surface area contributed by atoms with Gasteiger partial charge in [-0.1, -0.05) is 20.8 Å². The van der Waals surface area contributed by atoms with Gasteiger partial charge in [0, 0.05) is 19.1 Å². The van der Waals surface area contributed by atoms with E-state index in [9.17, 15) is 4.79 Å². The Hall–Kier alpha value is -0.610. The molecule has 1 amide bonds. The number of nitrogens with zero attached hydrogens (tertiary/aromatic N) is 1. The Morgan fingerprint density at radius 1 is 1.30 bits per heavy atom. The molecule has 0 aromatic rings. The van der Waals surface area contributed by atoms with Crippen LogP contribution in [0.15, 0.2) is 0 Å². The van der Waals surface area contributed by atoms with Crippen molar-refractivity contribution < 1.29 is 4.79 Å². The highest BCUT2D eigenvalue weighted by Crippen LogP contribution is 2.13. The van der Waals surface area contributed by atoms with E-state index in [1.165, 1.54) is 19.3 Å². The average Bonchev–Trinajstić information content (AvgIpc) is 2.44. The highest BCUT2D eigenvalue weighted by molar-refractivity contribution is 5.81. The van der Waals surface area contributed by atoms with Crippen LogP contribution in [0.4, 0.5) is 0 Å². The van der Waals surface area contributed by atoms with Crippen molar-refractivity contribution in [3.8, 4) is 0 Å². The van der Waals surface area contributed by atoms with Crippen molar-refractivity contribution in [2.45, 2.75) is 65.5 Å². The Bertz CT molecular complexity index is 281. The van der Waals surface area contributed by atoms with Gasteiger partial charge in [0.05, 0.1) is 6.04 Å². The molecule has 0 aromatic carbocycles. The molecule has 1 fully saturated rings. The second-order valence-electron chi connectivity index (χ2n) is 6.44. The number of carbonyl (C=O) groups is 1. The van der Waals surface area contributed by atoms with Gasteiger partial charge in [-0.3, -0.25) is 9.69 Å². The molecule has 0 radical (unpaired) electrons. The molecule has 2 atom stereocenters. The van der Waals surface area contributed by atoms with Crippen molar-refractivity contribution in [3.05, 3.63) is 0 Å². The topological polar surface area (TPSA) is 44.4 Å². The molecule has 0 aromatic heterocycles. The van der Waals surface area contributed by atoms with E-state index in [-0.39, 0.29) is 11.9 Å². The van der Waals surface area contributed by atoms with Gasteiger partial charge in [-0.15, -0.1) is 0 Å². The van der Waals surface area contributed by atoms with Crippen LogP contribution in [0.1, 0.15) is 53.4 Å². The third-order valence-corrected chi connectivity index (χ3v) is 4.08. The summed E-state index contributed by atoms with van der Waals surface area (Å²) in [7, 11) is 0. The monoisotopic (exact) mass is 283 g/mol. The van der Waals surface area contributed by atoms with Crippen molar-refractivity contribution in [2.24, 2.45) is 5.92 Å². The first-order valence-electron chi connectivity index (χ1n) is 8.29. The van der Waals surface area contributed by atoms with Crippen LogP contribution in [0, 0.1) is 5.92 Å². The van der Waals surface area contributed by atoms with Gasteiger partial charge in [0.15, 0.2) is 0 Å². The highest BCUT2D eigenvalue weighted by Gasteiger charge is 2.26. The minimum atomic E-state index is -0.00612. The van der Waals surface area contributed by atoms with Crippen LogP contribution in [0.3, 0.4) is 0 Å². The number of hydrogen-bond donors (Lipinski definition) is 2. The van der Waals surface area contributed by atoms with Crippen LogP contribution in [-0.2, 0) is 4.79 Å². The summed E-state index contributed by atoms with van der Waals surface area (Å²) in [4.78, 5) is 14.5. The predicted octanol–water partition coefficient (Wildman–Crippen LogP) is 2.00. The smallest absolute Gasteiger partial charge is 0.237 e. The second kappa shape index (κ2) is 9.35. The molecular weight excluding hydrogens is 250 g/mol. The number of nitrogens with one attached hydrogen (secondary N) is 2. The first kappa shape index (κ1) is 17.4. The van der Waals surface area contributed by atoms with Gasteiger partial charge in [0.2, 0.25) is 5.91 Å². The molecule has 1 aliphatic heterocycles. The van der Waals surface area contributed by atoms with E-state index in [1.807, 2.05) is 6.92 Å². The summed E-state index contributed by atoms with van der Waals surface area (Å²) in [6.07, 6.45) is 4.64. The molecule has 1 saturated heterocycles. The first-order chi connectivity index (χ1) is 9.54. The summed E-state index contributed by atoms with van der Waals surface area (Å²) in [5, 5.41) is 6.65. The zero-order chi connectivity index (χ0) is 15.0. The van der Waals surface area contributed by atoms with E-state index in [4.69, 9.17) is 0 Å². The average molecular weight is 283 g/mol. The Morgan fingerprint density at radius 3 is 2.70 bits per heavy atom. The molecule has 0 bridgehead atoms. The van der Waals surface area contributed by atoms with Crippen molar-refractivity contribution in [1.82, 2.24) is 15.5 Å². The third-order valence-electron chi connectivity index (χ3n) is 4.08. The minimum absolute atomic E-state index is 0.00612. The second-order valence-corrected chi connectivity index (χ2v) is 6.44. The third kappa shape index (κ3) is 6.23. The van der Waals surface area contributed by atoms with Gasteiger partial charge in [0.1, 0.15) is 0 Å². The van der Waals surface area contributed by atoms with E-state index in [1.54, 1.807) is 0 Å². The summed E-state index contributed by atoms with van der Waals surface area (Å²) in [6.45, 7) is 12.5. The molecule has 1 rings (SSSR count). The lowest BCUT2D eigenvalue weighted by Gasteiger charge is -2.36. The molecule has 2 unspecified atom stereocenters. The number of carbonyl (C=O) groups excluding carboxylic acids is 1. The SMILES string of the molecule is CCCNC1CCCN(C(C)C(=O)NCCC(C)C)C1. The normalized spacial score (nSPS) is 21.9. The molecular formula is C16H33N3O. The van der Waals surface area contributed by atoms with Crippen LogP contribution in [0.5, 0.6) is 0 Å². The fourth-order valence-electron chi connectivity index (χ4n) is 2.67. The molecule has 118 valence electrons. The van der Waals surface area contributed by atoms with Crippen LogP contribution < -0.4 is 10.6 Å². The Morgan fingerprint density at radius 2 is 2.05 bits per heavy atom. The lowest BCUT2D eigenvalue weighted by atomic mass is 10.0. The molecule has 0 saturated carbocycles.